The normalized spacial score (nSPS) is 10.4. The number of anilines is 1. The van der Waals surface area contributed by atoms with E-state index in [-0.39, 0.29) is 6.42 Å². The molecule has 0 aliphatic rings. The lowest BCUT2D eigenvalue weighted by Crippen LogP contribution is -2.24. The van der Waals surface area contributed by atoms with Gasteiger partial charge in [0.2, 0.25) is 11.8 Å². The lowest BCUT2D eigenvalue weighted by molar-refractivity contribution is -0.126. The fraction of sp³-hybridized carbons (Fsp3) is 0.250. The monoisotopic (exact) mass is 369 g/mol. The Kier molecular flexibility index (Phi) is 7.84. The molecule has 27 heavy (non-hydrogen) atoms. The van der Waals surface area contributed by atoms with Crippen molar-refractivity contribution < 1.29 is 19.1 Å². The van der Waals surface area contributed by atoms with Crippen LogP contribution >= 0.6 is 0 Å². The zero-order chi connectivity index (χ0) is 19.5. The standard InChI is InChI=1S/C20H23N3O4/c1-3-11-27-18-10-5-4-7-15(18)14-21-23-20(25)13-19(24)22-16-8-6-9-17(12-16)26-2/h4-10,12,14H,3,11,13H2,1-2H3,(H,22,24)(H,23,25). The molecule has 0 fully saturated rings. The number of nitrogens with zero attached hydrogens (tertiary/aromatic N) is 1. The summed E-state index contributed by atoms with van der Waals surface area (Å²) in [6.07, 6.45) is 2.04. The van der Waals surface area contributed by atoms with E-state index < -0.39 is 11.8 Å². The molecule has 0 spiro atoms. The molecule has 0 radical (unpaired) electrons. The first-order valence-corrected chi connectivity index (χ1v) is 8.60. The number of hydrazone groups is 1. The molecule has 7 nitrogen and oxygen atoms in total. The van der Waals surface area contributed by atoms with Gasteiger partial charge in [0.05, 0.1) is 19.9 Å². The van der Waals surface area contributed by atoms with E-state index in [1.165, 1.54) is 13.3 Å². The molecule has 0 aromatic heterocycles. The molecule has 2 amide bonds. The second-order valence-electron chi connectivity index (χ2n) is 5.64. The third-order valence-corrected chi connectivity index (χ3v) is 3.45. The van der Waals surface area contributed by atoms with Crippen LogP contribution in [-0.2, 0) is 9.59 Å². The van der Waals surface area contributed by atoms with Crippen LogP contribution in [0.1, 0.15) is 25.3 Å². The SMILES string of the molecule is CCCOc1ccccc1C=NNC(=O)CC(=O)Nc1cccc(OC)c1. The van der Waals surface area contributed by atoms with Crippen LogP contribution in [0.25, 0.3) is 0 Å². The summed E-state index contributed by atoms with van der Waals surface area (Å²) in [7, 11) is 1.54. The van der Waals surface area contributed by atoms with Gasteiger partial charge in [0, 0.05) is 17.3 Å². The number of hydrogen-bond acceptors (Lipinski definition) is 5. The van der Waals surface area contributed by atoms with Crippen molar-refractivity contribution in [3.8, 4) is 11.5 Å². The second kappa shape index (κ2) is 10.6. The Bertz CT molecular complexity index is 805. The minimum atomic E-state index is -0.515. The summed E-state index contributed by atoms with van der Waals surface area (Å²) in [5, 5.41) is 6.53. The number of methoxy groups -OCH3 is 1. The number of benzene rings is 2. The van der Waals surface area contributed by atoms with Gasteiger partial charge < -0.3 is 14.8 Å². The van der Waals surface area contributed by atoms with Crippen LogP contribution in [0.5, 0.6) is 11.5 Å². The maximum atomic E-state index is 11.9. The van der Waals surface area contributed by atoms with Gasteiger partial charge in [-0.25, -0.2) is 5.43 Å². The molecule has 0 unspecified atom stereocenters. The first-order chi connectivity index (χ1) is 13.1. The Balaban J connectivity index is 1.85. The van der Waals surface area contributed by atoms with Crippen molar-refractivity contribution in [1.29, 1.82) is 0 Å². The smallest absolute Gasteiger partial charge is 0.249 e. The Morgan fingerprint density at radius 2 is 1.93 bits per heavy atom. The van der Waals surface area contributed by atoms with Crippen molar-refractivity contribution >= 4 is 23.7 Å². The number of carbonyl (C=O) groups excluding carboxylic acids is 2. The molecular formula is C20H23N3O4. The van der Waals surface area contributed by atoms with Crippen LogP contribution in [0.3, 0.4) is 0 Å². The van der Waals surface area contributed by atoms with E-state index in [2.05, 4.69) is 15.8 Å². The Morgan fingerprint density at radius 3 is 2.70 bits per heavy atom. The van der Waals surface area contributed by atoms with Crippen LogP contribution in [0.4, 0.5) is 5.69 Å². The summed E-state index contributed by atoms with van der Waals surface area (Å²) in [6.45, 7) is 2.62. The highest BCUT2D eigenvalue weighted by Crippen LogP contribution is 2.17. The van der Waals surface area contributed by atoms with Gasteiger partial charge in [-0.15, -0.1) is 0 Å². The van der Waals surface area contributed by atoms with Crippen molar-refractivity contribution in [3.63, 3.8) is 0 Å². The summed E-state index contributed by atoms with van der Waals surface area (Å²) in [4.78, 5) is 23.8. The predicted molar refractivity (Wildman–Crippen MR) is 104 cm³/mol. The van der Waals surface area contributed by atoms with Gasteiger partial charge in [0.15, 0.2) is 0 Å². The average molecular weight is 369 g/mol. The summed E-state index contributed by atoms with van der Waals surface area (Å²) < 4.78 is 10.7. The molecule has 0 heterocycles. The van der Waals surface area contributed by atoms with Crippen molar-refractivity contribution in [2.45, 2.75) is 19.8 Å². The summed E-state index contributed by atoms with van der Waals surface area (Å²) >= 11 is 0. The van der Waals surface area contributed by atoms with Crippen molar-refractivity contribution in [3.05, 3.63) is 54.1 Å². The molecule has 2 aromatic rings. The van der Waals surface area contributed by atoms with Crippen molar-refractivity contribution in [1.82, 2.24) is 5.43 Å². The van der Waals surface area contributed by atoms with E-state index >= 15 is 0 Å². The minimum Gasteiger partial charge on any atom is -0.497 e. The number of carbonyl (C=O) groups is 2. The summed E-state index contributed by atoms with van der Waals surface area (Å²) in [6, 6.07) is 14.3. The highest BCUT2D eigenvalue weighted by atomic mass is 16.5. The number of amides is 2. The lowest BCUT2D eigenvalue weighted by Gasteiger charge is -2.07. The molecule has 0 saturated carbocycles. The van der Waals surface area contributed by atoms with Crippen molar-refractivity contribution in [2.24, 2.45) is 5.10 Å². The fourth-order valence-electron chi connectivity index (χ4n) is 2.20. The van der Waals surface area contributed by atoms with Crippen LogP contribution in [-0.4, -0.2) is 31.7 Å². The van der Waals surface area contributed by atoms with Gasteiger partial charge >= 0.3 is 0 Å². The minimum absolute atomic E-state index is 0.345. The second-order valence-corrected chi connectivity index (χ2v) is 5.64. The summed E-state index contributed by atoms with van der Waals surface area (Å²) in [5.41, 5.74) is 3.64. The van der Waals surface area contributed by atoms with Gasteiger partial charge in [0.1, 0.15) is 17.9 Å². The third kappa shape index (κ3) is 6.81. The molecule has 0 bridgehead atoms. The number of hydrogen-bond donors (Lipinski definition) is 2. The number of ether oxygens (including phenoxy) is 2. The molecular weight excluding hydrogens is 346 g/mol. The Labute approximate surface area is 158 Å². The van der Waals surface area contributed by atoms with Gasteiger partial charge in [-0.05, 0) is 30.7 Å². The lowest BCUT2D eigenvalue weighted by atomic mass is 10.2. The van der Waals surface area contributed by atoms with E-state index in [4.69, 9.17) is 9.47 Å². The van der Waals surface area contributed by atoms with Crippen LogP contribution < -0.4 is 20.2 Å². The average Bonchev–Trinajstić information content (AvgIpc) is 2.67. The highest BCUT2D eigenvalue weighted by molar-refractivity contribution is 6.03. The highest BCUT2D eigenvalue weighted by Gasteiger charge is 2.09. The van der Waals surface area contributed by atoms with Crippen LogP contribution in [0.15, 0.2) is 53.6 Å². The number of para-hydroxylation sites is 1. The first-order valence-electron chi connectivity index (χ1n) is 8.60. The van der Waals surface area contributed by atoms with Crippen molar-refractivity contribution in [2.75, 3.05) is 19.0 Å². The zero-order valence-electron chi connectivity index (χ0n) is 15.4. The molecule has 0 aliphatic carbocycles. The molecule has 0 saturated heterocycles. The van der Waals surface area contributed by atoms with E-state index in [0.717, 1.165) is 12.0 Å². The molecule has 2 aromatic carbocycles. The quantitative estimate of drug-likeness (QED) is 0.404. The van der Waals surface area contributed by atoms with E-state index in [1.54, 1.807) is 24.3 Å². The van der Waals surface area contributed by atoms with E-state index in [9.17, 15) is 9.59 Å². The summed E-state index contributed by atoms with van der Waals surface area (Å²) in [5.74, 6) is 0.347. The Hall–Kier alpha value is -3.35. The number of rotatable bonds is 9. The maximum absolute atomic E-state index is 11.9. The Morgan fingerprint density at radius 1 is 1.11 bits per heavy atom. The van der Waals surface area contributed by atoms with E-state index in [1.807, 2.05) is 31.2 Å². The fourth-order valence-corrected chi connectivity index (χ4v) is 2.20. The number of nitrogens with one attached hydrogen (secondary N) is 2. The maximum Gasteiger partial charge on any atom is 0.249 e. The first kappa shape index (κ1) is 20.0. The molecule has 2 rings (SSSR count). The molecule has 142 valence electrons. The van der Waals surface area contributed by atoms with Crippen LogP contribution in [0, 0.1) is 0 Å². The molecule has 2 N–H and O–H groups in total. The van der Waals surface area contributed by atoms with Gasteiger partial charge in [0.25, 0.3) is 0 Å². The van der Waals surface area contributed by atoms with Gasteiger partial charge in [-0.1, -0.05) is 25.1 Å². The molecule has 0 atom stereocenters. The zero-order valence-corrected chi connectivity index (χ0v) is 15.4. The molecule has 0 aliphatic heterocycles. The topological polar surface area (TPSA) is 89.0 Å². The van der Waals surface area contributed by atoms with Crippen LogP contribution in [0.2, 0.25) is 0 Å². The van der Waals surface area contributed by atoms with Gasteiger partial charge in [-0.3, -0.25) is 9.59 Å². The third-order valence-electron chi connectivity index (χ3n) is 3.45. The van der Waals surface area contributed by atoms with E-state index in [0.29, 0.717) is 23.8 Å². The van der Waals surface area contributed by atoms with Gasteiger partial charge in [-0.2, -0.15) is 5.10 Å². The predicted octanol–water partition coefficient (Wildman–Crippen LogP) is 2.96. The molecule has 7 heteroatoms. The largest absolute Gasteiger partial charge is 0.497 e.